The fraction of sp³-hybridized carbons (Fsp3) is 1.00. The normalized spacial score (nSPS) is 27.0. The standard InChI is InChI=1S/C16H16F14/c17-11(13(19,20)21,14(22,23)24)10(12(18,15(25,26)27)16(28,29)30)7-3-5-8-4-1-2-6-9(8)10/h8-9H,1-7H2. The Labute approximate surface area is 161 Å². The topological polar surface area (TPSA) is 0 Å². The van der Waals surface area contributed by atoms with Crippen LogP contribution in [0.1, 0.15) is 44.9 Å². The Hall–Kier alpha value is -0.980. The van der Waals surface area contributed by atoms with E-state index in [1.54, 1.807) is 0 Å². The maximum atomic E-state index is 15.2. The number of halogens is 14. The molecule has 2 atom stereocenters. The van der Waals surface area contributed by atoms with Gasteiger partial charge in [0.25, 0.3) is 0 Å². The maximum Gasteiger partial charge on any atom is 0.432 e. The molecule has 0 nitrogen and oxygen atoms in total. The van der Waals surface area contributed by atoms with Crippen molar-refractivity contribution in [2.45, 2.75) is 81.0 Å². The monoisotopic (exact) mass is 474 g/mol. The minimum Gasteiger partial charge on any atom is -0.223 e. The minimum atomic E-state index is -7.29. The predicted octanol–water partition coefficient (Wildman–Crippen LogP) is 7.63. The summed E-state index contributed by atoms with van der Waals surface area (Å²) in [5, 5.41) is 0. The lowest BCUT2D eigenvalue weighted by Gasteiger charge is -2.61. The fourth-order valence-electron chi connectivity index (χ4n) is 5.46. The van der Waals surface area contributed by atoms with Crippen LogP contribution in [0.2, 0.25) is 0 Å². The molecule has 2 aliphatic carbocycles. The third-order valence-electron chi connectivity index (χ3n) is 6.48. The molecule has 14 heteroatoms. The van der Waals surface area contributed by atoms with Crippen LogP contribution in [-0.4, -0.2) is 36.0 Å². The lowest BCUT2D eigenvalue weighted by molar-refractivity contribution is -0.462. The molecule has 0 saturated heterocycles. The van der Waals surface area contributed by atoms with Gasteiger partial charge in [0.05, 0.1) is 5.41 Å². The van der Waals surface area contributed by atoms with E-state index in [-0.39, 0.29) is 25.7 Å². The van der Waals surface area contributed by atoms with E-state index in [4.69, 9.17) is 0 Å². The summed E-state index contributed by atoms with van der Waals surface area (Å²) in [6.07, 6.45) is -34.4. The number of alkyl halides is 14. The molecule has 30 heavy (non-hydrogen) atoms. The number of hydrogen-bond acceptors (Lipinski definition) is 0. The van der Waals surface area contributed by atoms with Gasteiger partial charge in [0.2, 0.25) is 0 Å². The smallest absolute Gasteiger partial charge is 0.223 e. The Morgan fingerprint density at radius 3 is 1.17 bits per heavy atom. The summed E-state index contributed by atoms with van der Waals surface area (Å²) in [5.74, 6) is -4.33. The lowest BCUT2D eigenvalue weighted by Crippen LogP contribution is -2.80. The summed E-state index contributed by atoms with van der Waals surface area (Å²) in [4.78, 5) is 0. The first-order chi connectivity index (χ1) is 13.2. The molecule has 0 aromatic heterocycles. The summed E-state index contributed by atoms with van der Waals surface area (Å²) in [5.41, 5.74) is -19.7. The van der Waals surface area contributed by atoms with E-state index in [1.807, 2.05) is 0 Å². The van der Waals surface area contributed by atoms with Crippen molar-refractivity contribution in [1.29, 1.82) is 0 Å². The molecule has 0 heterocycles. The van der Waals surface area contributed by atoms with E-state index in [2.05, 4.69) is 0 Å². The van der Waals surface area contributed by atoms with Gasteiger partial charge in [-0.1, -0.05) is 32.1 Å². The summed E-state index contributed by atoms with van der Waals surface area (Å²) >= 11 is 0. The van der Waals surface area contributed by atoms with Gasteiger partial charge in [-0.3, -0.25) is 0 Å². The number of rotatable bonds is 2. The first-order valence-electron chi connectivity index (χ1n) is 8.85. The zero-order valence-corrected chi connectivity index (χ0v) is 14.9. The van der Waals surface area contributed by atoms with Crippen LogP contribution >= 0.6 is 0 Å². The van der Waals surface area contributed by atoms with Crippen molar-refractivity contribution < 1.29 is 61.5 Å². The molecule has 0 N–H and O–H groups in total. The number of fused-ring (bicyclic) bond motifs is 1. The first kappa shape index (κ1) is 25.3. The Bertz CT molecular complexity index is 554. The molecule has 0 aromatic rings. The molecular weight excluding hydrogens is 458 g/mol. The number of hydrogen-bond donors (Lipinski definition) is 0. The fourth-order valence-corrected chi connectivity index (χ4v) is 5.46. The highest BCUT2D eigenvalue weighted by molar-refractivity contribution is 5.25. The van der Waals surface area contributed by atoms with Crippen LogP contribution in [-0.2, 0) is 0 Å². The SMILES string of the molecule is FC(F)(F)C(F)(C(F)(F)F)C1(C(F)(C(F)(F)F)C(F)(F)F)CCCC2CCCCC21. The molecule has 0 bridgehead atoms. The van der Waals surface area contributed by atoms with Crippen LogP contribution in [0.25, 0.3) is 0 Å². The zero-order valence-electron chi connectivity index (χ0n) is 14.9. The van der Waals surface area contributed by atoms with Crippen LogP contribution < -0.4 is 0 Å². The van der Waals surface area contributed by atoms with Gasteiger partial charge in [-0.2, -0.15) is 52.7 Å². The molecule has 0 spiro atoms. The highest BCUT2D eigenvalue weighted by atomic mass is 19.4. The second-order valence-electron chi connectivity index (χ2n) is 7.82. The summed E-state index contributed by atoms with van der Waals surface area (Å²) in [6.45, 7) is 0. The Morgan fingerprint density at radius 1 is 0.467 bits per heavy atom. The molecule has 2 rings (SSSR count). The van der Waals surface area contributed by atoms with Crippen molar-refractivity contribution in [2.75, 3.05) is 0 Å². The van der Waals surface area contributed by atoms with Crippen molar-refractivity contribution in [3.63, 3.8) is 0 Å². The van der Waals surface area contributed by atoms with Crippen LogP contribution in [0.5, 0.6) is 0 Å². The van der Waals surface area contributed by atoms with E-state index in [1.165, 1.54) is 0 Å². The van der Waals surface area contributed by atoms with E-state index >= 15 is 8.78 Å². The average molecular weight is 474 g/mol. The van der Waals surface area contributed by atoms with Crippen molar-refractivity contribution in [3.05, 3.63) is 0 Å². The molecule has 2 aliphatic rings. The van der Waals surface area contributed by atoms with Crippen molar-refractivity contribution in [3.8, 4) is 0 Å². The predicted molar refractivity (Wildman–Crippen MR) is 73.6 cm³/mol. The summed E-state index contributed by atoms with van der Waals surface area (Å²) in [7, 11) is 0. The van der Waals surface area contributed by atoms with Crippen molar-refractivity contribution >= 4 is 0 Å². The molecule has 0 aromatic carbocycles. The molecule has 2 saturated carbocycles. The largest absolute Gasteiger partial charge is 0.432 e. The molecule has 2 unspecified atom stereocenters. The van der Waals surface area contributed by atoms with Gasteiger partial charge in [0.15, 0.2) is 0 Å². The first-order valence-corrected chi connectivity index (χ1v) is 8.85. The van der Waals surface area contributed by atoms with Crippen molar-refractivity contribution in [1.82, 2.24) is 0 Å². The Balaban J connectivity index is 3.07. The van der Waals surface area contributed by atoms with Gasteiger partial charge < -0.3 is 0 Å². The van der Waals surface area contributed by atoms with E-state index in [9.17, 15) is 52.7 Å². The third-order valence-corrected chi connectivity index (χ3v) is 6.48. The highest BCUT2D eigenvalue weighted by Gasteiger charge is 2.95. The Morgan fingerprint density at radius 2 is 0.800 bits per heavy atom. The van der Waals surface area contributed by atoms with Crippen molar-refractivity contribution in [2.24, 2.45) is 17.3 Å². The average Bonchev–Trinajstić information content (AvgIpc) is 2.55. The lowest BCUT2D eigenvalue weighted by atomic mass is 9.45. The van der Waals surface area contributed by atoms with Gasteiger partial charge >= 0.3 is 36.0 Å². The zero-order chi connectivity index (χ0) is 23.6. The van der Waals surface area contributed by atoms with Gasteiger partial charge in [-0.05, 0) is 24.7 Å². The van der Waals surface area contributed by atoms with E-state index in [0.717, 1.165) is 0 Å². The quantitative estimate of drug-likeness (QED) is 0.361. The highest BCUT2D eigenvalue weighted by Crippen LogP contribution is 2.74. The maximum absolute atomic E-state index is 15.2. The molecule has 0 aliphatic heterocycles. The molecular formula is C16H16F14. The van der Waals surface area contributed by atoms with Crippen LogP contribution in [0.3, 0.4) is 0 Å². The van der Waals surface area contributed by atoms with Gasteiger partial charge in [0.1, 0.15) is 0 Å². The van der Waals surface area contributed by atoms with Crippen LogP contribution in [0, 0.1) is 17.3 Å². The van der Waals surface area contributed by atoms with E-state index in [0.29, 0.717) is 0 Å². The molecule has 0 amide bonds. The van der Waals surface area contributed by atoms with Gasteiger partial charge in [0, 0.05) is 0 Å². The molecule has 178 valence electrons. The van der Waals surface area contributed by atoms with Crippen LogP contribution in [0.4, 0.5) is 61.5 Å². The summed E-state index contributed by atoms with van der Waals surface area (Å²) < 4.78 is 192. The Kier molecular flexibility index (Phi) is 5.91. The van der Waals surface area contributed by atoms with Crippen LogP contribution in [0.15, 0.2) is 0 Å². The second kappa shape index (κ2) is 7.01. The second-order valence-corrected chi connectivity index (χ2v) is 7.82. The molecule has 0 radical (unpaired) electrons. The third kappa shape index (κ3) is 3.08. The van der Waals surface area contributed by atoms with E-state index < -0.39 is 72.6 Å². The summed E-state index contributed by atoms with van der Waals surface area (Å²) in [6, 6.07) is 0. The molecule has 2 fully saturated rings. The van der Waals surface area contributed by atoms with Gasteiger partial charge in [-0.15, -0.1) is 0 Å². The minimum absolute atomic E-state index is 0.0892. The van der Waals surface area contributed by atoms with Gasteiger partial charge in [-0.25, -0.2) is 8.78 Å².